The van der Waals surface area contributed by atoms with Gasteiger partial charge in [-0.05, 0) is 23.8 Å². The fraction of sp³-hybridized carbons (Fsp3) is 0.304. The van der Waals surface area contributed by atoms with Crippen molar-refractivity contribution in [2.75, 3.05) is 45.2 Å². The first kappa shape index (κ1) is 23.9. The minimum atomic E-state index is -4.09. The third-order valence-electron chi connectivity index (χ3n) is 5.78. The molecule has 0 saturated carbocycles. The Morgan fingerprint density at radius 3 is 2.60 bits per heavy atom. The first-order valence-electron chi connectivity index (χ1n) is 11.2. The average Bonchev–Trinajstić information content (AvgIpc) is 3.32. The van der Waals surface area contributed by atoms with Gasteiger partial charge in [0, 0.05) is 36.3 Å². The van der Waals surface area contributed by atoms with Crippen molar-refractivity contribution in [1.82, 2.24) is 18.9 Å². The van der Waals surface area contributed by atoms with E-state index in [-0.39, 0.29) is 19.0 Å². The number of aliphatic imine (C=N–C) groups is 1. The summed E-state index contributed by atoms with van der Waals surface area (Å²) in [6.07, 6.45) is 0.881. The van der Waals surface area contributed by atoms with Crippen molar-refractivity contribution in [2.45, 2.75) is 6.17 Å². The minimum Gasteiger partial charge on any atom is -0.395 e. The predicted octanol–water partition coefficient (Wildman–Crippen LogP) is 1.94. The van der Waals surface area contributed by atoms with Gasteiger partial charge in [-0.3, -0.25) is 4.90 Å². The lowest BCUT2D eigenvalue weighted by Gasteiger charge is -2.43. The number of aliphatic hydroxyl groups excluding tert-OH is 1. The lowest BCUT2D eigenvalue weighted by Crippen LogP contribution is -2.55. The van der Waals surface area contributed by atoms with E-state index in [0.717, 1.165) is 15.3 Å². The van der Waals surface area contributed by atoms with Gasteiger partial charge in [0.15, 0.2) is 5.84 Å². The summed E-state index contributed by atoms with van der Waals surface area (Å²) >= 11 is 1.53. The van der Waals surface area contributed by atoms with Gasteiger partial charge in [0.1, 0.15) is 12.0 Å². The van der Waals surface area contributed by atoms with E-state index in [1.54, 1.807) is 12.1 Å². The Kier molecular flexibility index (Phi) is 6.82. The summed E-state index contributed by atoms with van der Waals surface area (Å²) in [5.41, 5.74) is 8.05. The van der Waals surface area contributed by atoms with E-state index in [1.807, 2.05) is 36.4 Å². The van der Waals surface area contributed by atoms with Gasteiger partial charge >= 0.3 is 10.2 Å². The molecule has 4 heterocycles. The number of hydrogen-bond donors (Lipinski definition) is 3. The summed E-state index contributed by atoms with van der Waals surface area (Å²) in [6, 6.07) is 15.3. The van der Waals surface area contributed by atoms with Crippen LogP contribution in [0.3, 0.4) is 0 Å². The molecule has 1 saturated heterocycles. The van der Waals surface area contributed by atoms with Crippen LogP contribution in [0.5, 0.6) is 0 Å². The third-order valence-corrected chi connectivity index (χ3v) is 8.45. The highest BCUT2D eigenvalue weighted by molar-refractivity contribution is 7.87. The number of aliphatic hydroxyl groups is 1. The zero-order valence-corrected chi connectivity index (χ0v) is 20.5. The molecular formula is C23H26N6O4S2. The number of nitrogens with two attached hydrogens (primary N) is 1. The van der Waals surface area contributed by atoms with E-state index < -0.39 is 16.4 Å². The van der Waals surface area contributed by atoms with Gasteiger partial charge in [-0.2, -0.15) is 13.1 Å². The van der Waals surface area contributed by atoms with E-state index in [1.165, 1.54) is 21.8 Å². The number of ether oxygens (including phenoxy) is 1. The number of amidine groups is 1. The van der Waals surface area contributed by atoms with Crippen molar-refractivity contribution in [3.63, 3.8) is 0 Å². The number of fused-ring (bicyclic) bond motifs is 1. The zero-order chi connectivity index (χ0) is 24.4. The van der Waals surface area contributed by atoms with Crippen molar-refractivity contribution >= 4 is 38.9 Å². The van der Waals surface area contributed by atoms with E-state index in [9.17, 15) is 13.5 Å². The third kappa shape index (κ3) is 4.81. The lowest BCUT2D eigenvalue weighted by molar-refractivity contribution is -0.000872. The van der Waals surface area contributed by atoms with Gasteiger partial charge in [0.2, 0.25) is 0 Å². The molecule has 2 aromatic heterocycles. The van der Waals surface area contributed by atoms with E-state index in [2.05, 4.69) is 14.6 Å². The quantitative estimate of drug-likeness (QED) is 0.439. The Morgan fingerprint density at radius 2 is 1.91 bits per heavy atom. The molecule has 3 aromatic rings. The summed E-state index contributed by atoms with van der Waals surface area (Å²) in [6.45, 7) is 1.67. The Balaban J connectivity index is 1.70. The van der Waals surface area contributed by atoms with Crippen molar-refractivity contribution in [2.24, 2.45) is 4.99 Å². The van der Waals surface area contributed by atoms with Crippen LogP contribution in [-0.2, 0) is 14.9 Å². The second kappa shape index (κ2) is 10.0. The van der Waals surface area contributed by atoms with Gasteiger partial charge in [0.25, 0.3) is 0 Å². The van der Waals surface area contributed by atoms with Gasteiger partial charge in [0.05, 0.1) is 30.4 Å². The molecule has 12 heteroatoms. The van der Waals surface area contributed by atoms with Crippen LogP contribution in [0, 0.1) is 0 Å². The van der Waals surface area contributed by atoms with E-state index in [4.69, 9.17) is 15.5 Å². The lowest BCUT2D eigenvalue weighted by atomic mass is 10.1. The maximum atomic E-state index is 13.7. The highest BCUT2D eigenvalue weighted by atomic mass is 32.2. The monoisotopic (exact) mass is 514 g/mol. The summed E-state index contributed by atoms with van der Waals surface area (Å²) in [5.74, 6) is 0.564. The van der Waals surface area contributed by atoms with Crippen LogP contribution in [0.4, 0.5) is 11.5 Å². The molecule has 10 nitrogen and oxygen atoms in total. The Labute approximate surface area is 207 Å². The molecule has 2 aliphatic rings. The Bertz CT molecular complexity index is 1310. The molecule has 0 amide bonds. The number of thiophene rings is 1. The fourth-order valence-corrected chi connectivity index (χ4v) is 6.81. The fourth-order valence-electron chi connectivity index (χ4n) is 4.15. The molecule has 1 aromatic carbocycles. The molecule has 0 spiro atoms. The molecular weight excluding hydrogens is 488 g/mol. The van der Waals surface area contributed by atoms with E-state index >= 15 is 0 Å². The molecule has 1 atom stereocenters. The van der Waals surface area contributed by atoms with Crippen LogP contribution in [0.1, 0.15) is 16.6 Å². The Hall–Kier alpha value is -2.87. The molecule has 1 unspecified atom stereocenters. The number of nitrogens with one attached hydrogen (secondary N) is 1. The predicted molar refractivity (Wildman–Crippen MR) is 136 cm³/mol. The zero-order valence-electron chi connectivity index (χ0n) is 18.9. The normalized spacial score (nSPS) is 18.8. The number of hydrogen-bond acceptors (Lipinski definition) is 9. The highest BCUT2D eigenvalue weighted by Gasteiger charge is 2.43. The topological polar surface area (TPSA) is 133 Å². The van der Waals surface area contributed by atoms with Crippen LogP contribution < -0.4 is 10.5 Å². The molecule has 0 bridgehead atoms. The number of benzene rings is 1. The number of rotatable bonds is 7. The van der Waals surface area contributed by atoms with Crippen LogP contribution in [0.25, 0.3) is 10.4 Å². The molecule has 5 rings (SSSR count). The molecule has 35 heavy (non-hydrogen) atoms. The van der Waals surface area contributed by atoms with Crippen molar-refractivity contribution in [3.05, 3.63) is 65.2 Å². The van der Waals surface area contributed by atoms with Gasteiger partial charge in [-0.25, -0.2) is 14.3 Å². The van der Waals surface area contributed by atoms with Crippen molar-refractivity contribution < 1.29 is 18.3 Å². The first-order chi connectivity index (χ1) is 17.0. The first-order valence-corrected chi connectivity index (χ1v) is 13.4. The molecule has 0 radical (unpaired) electrons. The summed E-state index contributed by atoms with van der Waals surface area (Å²) in [7, 11) is -4.09. The summed E-state index contributed by atoms with van der Waals surface area (Å²) < 4.78 is 36.7. The van der Waals surface area contributed by atoms with E-state index in [0.29, 0.717) is 43.4 Å². The van der Waals surface area contributed by atoms with Crippen LogP contribution in [-0.4, -0.2) is 73.0 Å². The van der Waals surface area contributed by atoms with Gasteiger partial charge < -0.3 is 15.6 Å². The van der Waals surface area contributed by atoms with Crippen LogP contribution in [0.2, 0.25) is 0 Å². The summed E-state index contributed by atoms with van der Waals surface area (Å²) in [4.78, 5) is 12.9. The number of morpholine rings is 1. The van der Waals surface area contributed by atoms with Crippen molar-refractivity contribution in [3.8, 4) is 10.4 Å². The Morgan fingerprint density at radius 1 is 1.14 bits per heavy atom. The maximum absolute atomic E-state index is 13.7. The molecule has 1 fully saturated rings. The largest absolute Gasteiger partial charge is 0.395 e. The minimum absolute atomic E-state index is 0.117. The number of anilines is 1. The van der Waals surface area contributed by atoms with Crippen molar-refractivity contribution in [1.29, 1.82) is 0 Å². The second-order valence-electron chi connectivity index (χ2n) is 8.07. The number of nitrogens with zero attached hydrogens (tertiary/aromatic N) is 4. The second-order valence-corrected chi connectivity index (χ2v) is 10.8. The molecule has 4 N–H and O–H groups in total. The highest BCUT2D eigenvalue weighted by Crippen LogP contribution is 2.47. The average molecular weight is 515 g/mol. The smallest absolute Gasteiger partial charge is 0.304 e. The standard InChI is InChI=1S/C23H26N6O4S2/c24-20-7-6-17(15-25-20)22-27-18-14-19(16-4-2-1-3-5-16)34-21(18)23(28-9-12-33-13-10-28)29(22)35(31,32)26-8-11-30/h1-7,14-15,23,26,30H,8-13H2,(H2,24,25). The van der Waals surface area contributed by atoms with Gasteiger partial charge in [-0.15, -0.1) is 11.3 Å². The van der Waals surface area contributed by atoms with Crippen LogP contribution in [0.15, 0.2) is 59.7 Å². The maximum Gasteiger partial charge on any atom is 0.304 e. The number of nitrogen functional groups attached to an aromatic ring is 1. The number of aromatic nitrogens is 1. The summed E-state index contributed by atoms with van der Waals surface area (Å²) in [5, 5.41) is 9.32. The molecule has 0 aliphatic carbocycles. The molecule has 184 valence electrons. The van der Waals surface area contributed by atoms with Crippen LogP contribution >= 0.6 is 11.3 Å². The SMILES string of the molecule is Nc1ccc(C2=Nc3cc(-c4ccccc4)sc3C(N3CCOCC3)N2S(=O)(=O)NCCO)cn1. The molecule has 2 aliphatic heterocycles. The van der Waals surface area contributed by atoms with Gasteiger partial charge in [-0.1, -0.05) is 30.3 Å². The number of pyridine rings is 1.